The molecular weight excluding hydrogens is 254 g/mol. The van der Waals surface area contributed by atoms with Gasteiger partial charge in [0, 0.05) is 18.7 Å². The van der Waals surface area contributed by atoms with Crippen molar-refractivity contribution in [3.8, 4) is 0 Å². The largest absolute Gasteiger partial charge is 0.343 e. The molecule has 0 spiro atoms. The molecule has 2 N–H and O–H groups in total. The molecule has 0 aromatic heterocycles. The van der Waals surface area contributed by atoms with Gasteiger partial charge >= 0.3 is 0 Å². The van der Waals surface area contributed by atoms with Crippen molar-refractivity contribution in [1.29, 1.82) is 0 Å². The zero-order valence-electron chi connectivity index (χ0n) is 12.1. The molecule has 1 aromatic carbocycles. The molecule has 4 heteroatoms. The molecule has 0 bridgehead atoms. The fourth-order valence-electron chi connectivity index (χ4n) is 2.36. The number of likely N-dealkylation sites (N-methyl/N-ethyl adjacent to an activating group) is 1. The highest BCUT2D eigenvalue weighted by atomic mass is 32.1. The third-order valence-electron chi connectivity index (χ3n) is 3.89. The van der Waals surface area contributed by atoms with Gasteiger partial charge < -0.3 is 15.1 Å². The van der Waals surface area contributed by atoms with Crippen LogP contribution in [0.1, 0.15) is 17.5 Å². The van der Waals surface area contributed by atoms with Crippen LogP contribution in [0.25, 0.3) is 0 Å². The topological polar surface area (TPSA) is 19.7 Å². The second-order valence-corrected chi connectivity index (χ2v) is 5.91. The van der Waals surface area contributed by atoms with Crippen LogP contribution in [0.15, 0.2) is 18.2 Å². The summed E-state index contributed by atoms with van der Waals surface area (Å²) in [6.07, 6.45) is 1.21. The maximum Gasteiger partial charge on any atom is 0.173 e. The molecule has 0 aliphatic carbocycles. The lowest BCUT2D eigenvalue weighted by Crippen LogP contribution is -3.09. The van der Waals surface area contributed by atoms with E-state index in [2.05, 4.69) is 49.3 Å². The fourth-order valence-corrected chi connectivity index (χ4v) is 2.66. The Labute approximate surface area is 121 Å². The first-order chi connectivity index (χ1) is 9.06. The highest BCUT2D eigenvalue weighted by molar-refractivity contribution is 7.80. The summed E-state index contributed by atoms with van der Waals surface area (Å²) in [6, 6.07) is 6.40. The van der Waals surface area contributed by atoms with Gasteiger partial charge in [-0.2, -0.15) is 0 Å². The monoisotopic (exact) mass is 278 g/mol. The van der Waals surface area contributed by atoms with E-state index in [1.165, 1.54) is 24.1 Å². The van der Waals surface area contributed by atoms with Crippen molar-refractivity contribution >= 4 is 23.0 Å². The third-order valence-corrected chi connectivity index (χ3v) is 4.25. The zero-order valence-corrected chi connectivity index (χ0v) is 12.9. The summed E-state index contributed by atoms with van der Waals surface area (Å²) < 4.78 is 0. The average molecular weight is 278 g/mol. The number of benzene rings is 1. The number of hydrogen-bond donors (Lipinski definition) is 2. The van der Waals surface area contributed by atoms with Crippen molar-refractivity contribution in [3.05, 3.63) is 29.3 Å². The Bertz CT molecular complexity index is 459. The highest BCUT2D eigenvalue weighted by Gasteiger charge is 2.16. The minimum atomic E-state index is 0.859. The van der Waals surface area contributed by atoms with E-state index in [1.807, 2.05) is 0 Å². The molecule has 1 atom stereocenters. The first-order valence-corrected chi connectivity index (χ1v) is 7.41. The average Bonchev–Trinajstić information content (AvgIpc) is 2.59. The van der Waals surface area contributed by atoms with Crippen molar-refractivity contribution in [2.75, 3.05) is 38.5 Å². The van der Waals surface area contributed by atoms with Crippen LogP contribution in [-0.4, -0.2) is 43.2 Å². The van der Waals surface area contributed by atoms with Crippen molar-refractivity contribution in [2.45, 2.75) is 20.3 Å². The van der Waals surface area contributed by atoms with E-state index in [-0.39, 0.29) is 0 Å². The molecule has 3 nitrogen and oxygen atoms in total. The molecule has 2 rings (SSSR count). The van der Waals surface area contributed by atoms with Gasteiger partial charge in [0.2, 0.25) is 0 Å². The first kappa shape index (κ1) is 14.3. The van der Waals surface area contributed by atoms with E-state index in [1.54, 1.807) is 4.90 Å². The molecule has 1 aliphatic heterocycles. The standard InChI is InChI=1S/C15H23N3S/c1-12-5-6-14(11-13(12)2)16-15(19)18-8-4-7-17(3)9-10-18/h5-6,11H,4,7-10H2,1-3H3,(H,16,19)/p+1. The van der Waals surface area contributed by atoms with Crippen LogP contribution >= 0.6 is 12.2 Å². The van der Waals surface area contributed by atoms with Crippen LogP contribution in [0, 0.1) is 13.8 Å². The molecule has 1 aromatic rings. The van der Waals surface area contributed by atoms with Crippen LogP contribution in [0.4, 0.5) is 5.69 Å². The second kappa shape index (κ2) is 6.35. The lowest BCUT2D eigenvalue weighted by Gasteiger charge is -2.23. The maximum atomic E-state index is 5.54. The lowest BCUT2D eigenvalue weighted by molar-refractivity contribution is -0.877. The van der Waals surface area contributed by atoms with Gasteiger partial charge in [0.05, 0.1) is 26.7 Å². The van der Waals surface area contributed by atoms with E-state index in [0.29, 0.717) is 0 Å². The maximum absolute atomic E-state index is 5.54. The summed E-state index contributed by atoms with van der Waals surface area (Å²) in [5.74, 6) is 0. The Morgan fingerprint density at radius 1 is 1.21 bits per heavy atom. The van der Waals surface area contributed by atoms with E-state index >= 15 is 0 Å². The van der Waals surface area contributed by atoms with Gasteiger partial charge in [0.1, 0.15) is 0 Å². The molecule has 0 radical (unpaired) electrons. The third kappa shape index (κ3) is 3.91. The molecule has 1 aliphatic rings. The quantitative estimate of drug-likeness (QED) is 0.754. The lowest BCUT2D eigenvalue weighted by atomic mass is 10.1. The van der Waals surface area contributed by atoms with Gasteiger partial charge in [-0.25, -0.2) is 0 Å². The number of quaternary nitrogens is 1. The molecule has 19 heavy (non-hydrogen) atoms. The Morgan fingerprint density at radius 2 is 2.00 bits per heavy atom. The number of anilines is 1. The van der Waals surface area contributed by atoms with E-state index in [4.69, 9.17) is 12.2 Å². The Morgan fingerprint density at radius 3 is 2.74 bits per heavy atom. The predicted octanol–water partition coefficient (Wildman–Crippen LogP) is 1.22. The van der Waals surface area contributed by atoms with Gasteiger partial charge in [0.25, 0.3) is 0 Å². The number of rotatable bonds is 1. The van der Waals surface area contributed by atoms with Crippen LogP contribution in [-0.2, 0) is 0 Å². The van der Waals surface area contributed by atoms with E-state index in [9.17, 15) is 0 Å². The summed E-state index contributed by atoms with van der Waals surface area (Å²) in [4.78, 5) is 3.89. The Balaban J connectivity index is 1.98. The molecule has 0 saturated carbocycles. The minimum absolute atomic E-state index is 0.859. The van der Waals surface area contributed by atoms with E-state index in [0.717, 1.165) is 30.4 Å². The number of aryl methyl sites for hydroxylation is 2. The normalized spacial score (nSPS) is 19.9. The van der Waals surface area contributed by atoms with Crippen molar-refractivity contribution in [1.82, 2.24) is 4.90 Å². The van der Waals surface area contributed by atoms with Crippen molar-refractivity contribution < 1.29 is 4.90 Å². The van der Waals surface area contributed by atoms with Crippen LogP contribution in [0.2, 0.25) is 0 Å². The van der Waals surface area contributed by atoms with Gasteiger partial charge in [-0.3, -0.25) is 0 Å². The molecule has 1 heterocycles. The van der Waals surface area contributed by atoms with Gasteiger partial charge in [-0.05, 0) is 49.3 Å². The smallest absolute Gasteiger partial charge is 0.173 e. The van der Waals surface area contributed by atoms with Crippen molar-refractivity contribution in [3.63, 3.8) is 0 Å². The predicted molar refractivity (Wildman–Crippen MR) is 84.9 cm³/mol. The number of thiocarbonyl (C=S) groups is 1. The number of nitrogens with one attached hydrogen (secondary N) is 2. The van der Waals surface area contributed by atoms with Crippen LogP contribution in [0.5, 0.6) is 0 Å². The molecule has 1 saturated heterocycles. The fraction of sp³-hybridized carbons (Fsp3) is 0.533. The Hall–Kier alpha value is -1.13. The zero-order chi connectivity index (χ0) is 13.8. The van der Waals surface area contributed by atoms with Crippen LogP contribution in [0.3, 0.4) is 0 Å². The summed E-state index contributed by atoms with van der Waals surface area (Å²) in [5, 5.41) is 4.23. The number of hydrogen-bond acceptors (Lipinski definition) is 1. The molecule has 1 fully saturated rings. The van der Waals surface area contributed by atoms with Gasteiger partial charge in [-0.15, -0.1) is 0 Å². The number of nitrogens with zero attached hydrogens (tertiary/aromatic N) is 1. The summed E-state index contributed by atoms with van der Waals surface area (Å²) in [5.41, 5.74) is 3.71. The minimum Gasteiger partial charge on any atom is -0.343 e. The summed E-state index contributed by atoms with van der Waals surface area (Å²) in [7, 11) is 2.25. The first-order valence-electron chi connectivity index (χ1n) is 7.01. The highest BCUT2D eigenvalue weighted by Crippen LogP contribution is 2.14. The molecular formula is C15H24N3S+. The second-order valence-electron chi connectivity index (χ2n) is 5.53. The summed E-state index contributed by atoms with van der Waals surface area (Å²) in [6.45, 7) is 8.77. The van der Waals surface area contributed by atoms with E-state index < -0.39 is 0 Å². The molecule has 104 valence electrons. The van der Waals surface area contributed by atoms with Gasteiger partial charge in [0.15, 0.2) is 5.11 Å². The van der Waals surface area contributed by atoms with Crippen molar-refractivity contribution in [2.24, 2.45) is 0 Å². The SMILES string of the molecule is Cc1ccc(NC(=S)N2CCC[NH+](C)CC2)cc1C. The molecule has 1 unspecified atom stereocenters. The van der Waals surface area contributed by atoms with Crippen LogP contribution < -0.4 is 10.2 Å². The molecule has 0 amide bonds. The van der Waals surface area contributed by atoms with Gasteiger partial charge in [-0.1, -0.05) is 6.07 Å². The Kier molecular flexibility index (Phi) is 4.77. The summed E-state index contributed by atoms with van der Waals surface area (Å²) >= 11 is 5.54.